The Balaban J connectivity index is 2.18. The first kappa shape index (κ1) is 9.16. The van der Waals surface area contributed by atoms with Crippen LogP contribution in [0.1, 0.15) is 0 Å². The molecule has 3 rings (SSSR count). The third-order valence-corrected chi connectivity index (χ3v) is 2.79. The van der Waals surface area contributed by atoms with Crippen molar-refractivity contribution in [3.63, 3.8) is 0 Å². The summed E-state index contributed by atoms with van der Waals surface area (Å²) in [6.07, 6.45) is 3.92. The number of benzene rings is 2. The number of rotatable bonds is 1. The predicted octanol–water partition coefficient (Wildman–Crippen LogP) is 3.24. The lowest BCUT2D eigenvalue weighted by Crippen LogP contribution is -1.84. The summed E-state index contributed by atoms with van der Waals surface area (Å²) in [7, 11) is 1.94. The van der Waals surface area contributed by atoms with Gasteiger partial charge >= 0.3 is 0 Å². The van der Waals surface area contributed by atoms with Gasteiger partial charge in [0.05, 0.1) is 6.20 Å². The van der Waals surface area contributed by atoms with Gasteiger partial charge in [-0.05, 0) is 22.4 Å². The van der Waals surface area contributed by atoms with Gasteiger partial charge in [0.1, 0.15) is 0 Å². The van der Waals surface area contributed by atoms with E-state index in [9.17, 15) is 0 Å². The molecule has 78 valence electrons. The van der Waals surface area contributed by atoms with Gasteiger partial charge in [-0.1, -0.05) is 36.4 Å². The van der Waals surface area contributed by atoms with Crippen molar-refractivity contribution in [1.82, 2.24) is 9.78 Å². The molecule has 0 N–H and O–H groups in total. The standard InChI is InChI=1S/C14H12N2/c1-16-10-14(9-15-16)13-7-6-11-4-2-3-5-12(11)8-13/h2-10H,1H3. The molecule has 2 nitrogen and oxygen atoms in total. The van der Waals surface area contributed by atoms with E-state index in [0.717, 1.165) is 5.56 Å². The van der Waals surface area contributed by atoms with Crippen LogP contribution in [0.3, 0.4) is 0 Å². The summed E-state index contributed by atoms with van der Waals surface area (Å²) in [5, 5.41) is 6.73. The first-order valence-corrected chi connectivity index (χ1v) is 5.31. The Hall–Kier alpha value is -2.09. The molecule has 1 heterocycles. The lowest BCUT2D eigenvalue weighted by molar-refractivity contribution is 0.768. The normalized spacial score (nSPS) is 10.8. The number of hydrogen-bond acceptors (Lipinski definition) is 1. The van der Waals surface area contributed by atoms with E-state index in [4.69, 9.17) is 0 Å². The first-order chi connectivity index (χ1) is 7.83. The summed E-state index contributed by atoms with van der Waals surface area (Å²) < 4.78 is 1.82. The predicted molar refractivity (Wildman–Crippen MR) is 66.2 cm³/mol. The highest BCUT2D eigenvalue weighted by atomic mass is 15.2. The maximum absolute atomic E-state index is 4.19. The fourth-order valence-electron chi connectivity index (χ4n) is 1.94. The monoisotopic (exact) mass is 208 g/mol. The molecule has 0 aliphatic heterocycles. The molecule has 0 aliphatic carbocycles. The first-order valence-electron chi connectivity index (χ1n) is 5.31. The van der Waals surface area contributed by atoms with E-state index in [-0.39, 0.29) is 0 Å². The highest BCUT2D eigenvalue weighted by molar-refractivity contribution is 5.87. The zero-order valence-corrected chi connectivity index (χ0v) is 9.09. The Morgan fingerprint density at radius 2 is 1.75 bits per heavy atom. The van der Waals surface area contributed by atoms with E-state index in [1.54, 1.807) is 0 Å². The third kappa shape index (κ3) is 1.48. The molecule has 3 aromatic rings. The Kier molecular flexibility index (Phi) is 2.00. The number of hydrogen-bond donors (Lipinski definition) is 0. The second-order valence-corrected chi connectivity index (χ2v) is 3.96. The maximum Gasteiger partial charge on any atom is 0.0568 e. The summed E-state index contributed by atoms with van der Waals surface area (Å²) in [4.78, 5) is 0. The molecule has 16 heavy (non-hydrogen) atoms. The van der Waals surface area contributed by atoms with Gasteiger partial charge < -0.3 is 0 Å². The summed E-state index contributed by atoms with van der Waals surface area (Å²) in [5.41, 5.74) is 2.38. The average molecular weight is 208 g/mol. The Morgan fingerprint density at radius 1 is 0.938 bits per heavy atom. The van der Waals surface area contributed by atoms with E-state index in [1.165, 1.54) is 16.3 Å². The van der Waals surface area contributed by atoms with Gasteiger partial charge in [-0.3, -0.25) is 4.68 Å². The molecule has 0 saturated carbocycles. The van der Waals surface area contributed by atoms with E-state index < -0.39 is 0 Å². The van der Waals surface area contributed by atoms with Crippen LogP contribution in [0.2, 0.25) is 0 Å². The van der Waals surface area contributed by atoms with Crippen molar-refractivity contribution >= 4 is 10.8 Å². The molecule has 0 spiro atoms. The number of fused-ring (bicyclic) bond motifs is 1. The van der Waals surface area contributed by atoms with Crippen molar-refractivity contribution in [2.24, 2.45) is 7.05 Å². The lowest BCUT2D eigenvalue weighted by Gasteiger charge is -2.00. The lowest BCUT2D eigenvalue weighted by atomic mass is 10.0. The molecular formula is C14H12N2. The van der Waals surface area contributed by atoms with Gasteiger partial charge in [0.15, 0.2) is 0 Å². The van der Waals surface area contributed by atoms with Gasteiger partial charge in [0.25, 0.3) is 0 Å². The highest BCUT2D eigenvalue weighted by Gasteiger charge is 2.01. The van der Waals surface area contributed by atoms with Crippen molar-refractivity contribution < 1.29 is 0 Å². The minimum absolute atomic E-state index is 1.16. The largest absolute Gasteiger partial charge is 0.275 e. The summed E-state index contributed by atoms with van der Waals surface area (Å²) in [6, 6.07) is 14.9. The van der Waals surface area contributed by atoms with Crippen LogP contribution in [0, 0.1) is 0 Å². The van der Waals surface area contributed by atoms with Crippen LogP contribution in [0.4, 0.5) is 0 Å². The summed E-state index contributed by atoms with van der Waals surface area (Å²) >= 11 is 0. The van der Waals surface area contributed by atoms with E-state index in [2.05, 4.69) is 47.6 Å². The van der Waals surface area contributed by atoms with Crippen LogP contribution in [0.5, 0.6) is 0 Å². The highest BCUT2D eigenvalue weighted by Crippen LogP contribution is 2.23. The van der Waals surface area contributed by atoms with E-state index >= 15 is 0 Å². The molecule has 0 atom stereocenters. The number of aromatic nitrogens is 2. The minimum atomic E-state index is 1.16. The minimum Gasteiger partial charge on any atom is -0.275 e. The van der Waals surface area contributed by atoms with Crippen LogP contribution >= 0.6 is 0 Å². The molecule has 0 aliphatic rings. The molecule has 2 heteroatoms. The van der Waals surface area contributed by atoms with Crippen LogP contribution in [-0.4, -0.2) is 9.78 Å². The fraction of sp³-hybridized carbons (Fsp3) is 0.0714. The van der Waals surface area contributed by atoms with Crippen molar-refractivity contribution in [2.45, 2.75) is 0 Å². The molecule has 0 radical (unpaired) electrons. The molecule has 1 aromatic heterocycles. The quantitative estimate of drug-likeness (QED) is 0.600. The van der Waals surface area contributed by atoms with Gasteiger partial charge in [0.2, 0.25) is 0 Å². The average Bonchev–Trinajstić information content (AvgIpc) is 2.75. The zero-order valence-electron chi connectivity index (χ0n) is 9.09. The molecule has 2 aromatic carbocycles. The third-order valence-electron chi connectivity index (χ3n) is 2.79. The van der Waals surface area contributed by atoms with E-state index in [0.29, 0.717) is 0 Å². The Morgan fingerprint density at radius 3 is 2.50 bits per heavy atom. The molecular weight excluding hydrogens is 196 g/mol. The van der Waals surface area contributed by atoms with Gasteiger partial charge in [-0.15, -0.1) is 0 Å². The van der Waals surface area contributed by atoms with Crippen molar-refractivity contribution in [3.05, 3.63) is 54.9 Å². The van der Waals surface area contributed by atoms with Crippen molar-refractivity contribution in [3.8, 4) is 11.1 Å². The molecule has 0 fully saturated rings. The molecule has 0 bridgehead atoms. The molecule has 0 unspecified atom stereocenters. The Bertz CT molecular complexity index is 638. The van der Waals surface area contributed by atoms with E-state index in [1.807, 2.05) is 24.1 Å². The molecule has 0 amide bonds. The SMILES string of the molecule is Cn1cc(-c2ccc3ccccc3c2)cn1. The second kappa shape index (κ2) is 3.49. The Labute approximate surface area is 94.1 Å². The second-order valence-electron chi connectivity index (χ2n) is 3.96. The van der Waals surface area contributed by atoms with Crippen molar-refractivity contribution in [1.29, 1.82) is 0 Å². The number of aryl methyl sites for hydroxylation is 1. The topological polar surface area (TPSA) is 17.8 Å². The van der Waals surface area contributed by atoms with Crippen LogP contribution < -0.4 is 0 Å². The zero-order chi connectivity index (χ0) is 11.0. The maximum atomic E-state index is 4.19. The summed E-state index contributed by atoms with van der Waals surface area (Å²) in [5.74, 6) is 0. The smallest absolute Gasteiger partial charge is 0.0568 e. The number of nitrogens with zero attached hydrogens (tertiary/aromatic N) is 2. The van der Waals surface area contributed by atoms with Crippen LogP contribution in [0.15, 0.2) is 54.9 Å². The molecule has 0 saturated heterocycles. The van der Waals surface area contributed by atoms with Gasteiger partial charge in [-0.2, -0.15) is 5.10 Å². The van der Waals surface area contributed by atoms with Gasteiger partial charge in [-0.25, -0.2) is 0 Å². The van der Waals surface area contributed by atoms with Crippen LogP contribution in [-0.2, 0) is 7.05 Å². The van der Waals surface area contributed by atoms with Crippen LogP contribution in [0.25, 0.3) is 21.9 Å². The van der Waals surface area contributed by atoms with Crippen molar-refractivity contribution in [2.75, 3.05) is 0 Å². The fourth-order valence-corrected chi connectivity index (χ4v) is 1.94. The summed E-state index contributed by atoms with van der Waals surface area (Å²) in [6.45, 7) is 0. The van der Waals surface area contributed by atoms with Gasteiger partial charge in [0, 0.05) is 18.8 Å².